The summed E-state index contributed by atoms with van der Waals surface area (Å²) in [5, 5.41) is 2.57. The molecule has 1 rings (SSSR count). The highest BCUT2D eigenvalue weighted by Crippen LogP contribution is 2.10. The minimum Gasteiger partial charge on any atom is -0.444 e. The first-order valence-corrected chi connectivity index (χ1v) is 6.69. The average Bonchev–Trinajstić information content (AvgIpc) is 2.70. The molecule has 0 aliphatic carbocycles. The van der Waals surface area contributed by atoms with Crippen molar-refractivity contribution in [1.29, 1.82) is 0 Å². The van der Waals surface area contributed by atoms with Gasteiger partial charge in [-0.1, -0.05) is 0 Å². The zero-order valence-electron chi connectivity index (χ0n) is 13.4. The number of nitrogens with one attached hydrogen (secondary N) is 1. The van der Waals surface area contributed by atoms with Crippen molar-refractivity contribution in [2.24, 2.45) is 0 Å². The molecular weight excluding hydrogens is 274 g/mol. The zero-order valence-corrected chi connectivity index (χ0v) is 13.4. The van der Waals surface area contributed by atoms with Crippen molar-refractivity contribution in [2.75, 3.05) is 0 Å². The molecule has 0 aliphatic rings. The molecular formula is C14H23N3O4. The fourth-order valence-electron chi connectivity index (χ4n) is 1.35. The van der Waals surface area contributed by atoms with E-state index in [0.29, 0.717) is 5.69 Å². The second-order valence-electron chi connectivity index (χ2n) is 6.61. The summed E-state index contributed by atoms with van der Waals surface area (Å²) in [6.07, 6.45) is 1.80. The Morgan fingerprint density at radius 1 is 1.14 bits per heavy atom. The van der Waals surface area contributed by atoms with E-state index in [4.69, 9.17) is 9.47 Å². The van der Waals surface area contributed by atoms with Crippen LogP contribution in [-0.4, -0.2) is 32.9 Å². The minimum atomic E-state index is -0.573. The van der Waals surface area contributed by atoms with Crippen molar-refractivity contribution in [2.45, 2.75) is 59.3 Å². The first-order chi connectivity index (χ1) is 9.46. The van der Waals surface area contributed by atoms with E-state index in [1.165, 1.54) is 17.1 Å². The van der Waals surface area contributed by atoms with Crippen LogP contribution in [0.3, 0.4) is 0 Å². The molecule has 0 unspecified atom stereocenters. The van der Waals surface area contributed by atoms with E-state index in [0.717, 1.165) is 0 Å². The molecule has 1 heterocycles. The van der Waals surface area contributed by atoms with Crippen molar-refractivity contribution >= 4 is 12.2 Å². The van der Waals surface area contributed by atoms with E-state index < -0.39 is 23.4 Å². The summed E-state index contributed by atoms with van der Waals surface area (Å²) in [6, 6.07) is 0. The van der Waals surface area contributed by atoms with Gasteiger partial charge in [-0.2, -0.15) is 0 Å². The molecule has 0 aromatic carbocycles. The Bertz CT molecular complexity index is 509. The lowest BCUT2D eigenvalue weighted by molar-refractivity contribution is 0.0519. The van der Waals surface area contributed by atoms with Gasteiger partial charge in [-0.25, -0.2) is 19.1 Å². The Balaban J connectivity index is 2.53. The SMILES string of the molecule is CC(C)(C)OC(=O)NCc1cn(C(=O)OC(C)(C)C)cn1. The largest absolute Gasteiger partial charge is 0.444 e. The highest BCUT2D eigenvalue weighted by atomic mass is 16.6. The number of imidazole rings is 1. The van der Waals surface area contributed by atoms with Crippen molar-refractivity contribution in [1.82, 2.24) is 14.9 Å². The Morgan fingerprint density at radius 2 is 1.71 bits per heavy atom. The molecule has 118 valence electrons. The predicted octanol–water partition coefficient (Wildman–Crippen LogP) is 2.69. The van der Waals surface area contributed by atoms with Gasteiger partial charge in [0.15, 0.2) is 0 Å². The van der Waals surface area contributed by atoms with Crippen molar-refractivity contribution in [3.8, 4) is 0 Å². The van der Waals surface area contributed by atoms with E-state index in [-0.39, 0.29) is 6.54 Å². The summed E-state index contributed by atoms with van der Waals surface area (Å²) in [6.45, 7) is 10.9. The van der Waals surface area contributed by atoms with Gasteiger partial charge in [-0.3, -0.25) is 0 Å². The van der Waals surface area contributed by atoms with E-state index >= 15 is 0 Å². The van der Waals surface area contributed by atoms with Crippen LogP contribution in [0.25, 0.3) is 0 Å². The van der Waals surface area contributed by atoms with Gasteiger partial charge in [0.25, 0.3) is 0 Å². The Morgan fingerprint density at radius 3 is 2.24 bits per heavy atom. The molecule has 0 saturated carbocycles. The average molecular weight is 297 g/mol. The number of rotatable bonds is 2. The molecule has 0 fully saturated rings. The summed E-state index contributed by atoms with van der Waals surface area (Å²) >= 11 is 0. The van der Waals surface area contributed by atoms with Gasteiger partial charge in [0.2, 0.25) is 0 Å². The van der Waals surface area contributed by atoms with Crippen molar-refractivity contribution in [3.63, 3.8) is 0 Å². The predicted molar refractivity (Wildman–Crippen MR) is 76.9 cm³/mol. The molecule has 0 bridgehead atoms. The van der Waals surface area contributed by atoms with Crippen LogP contribution in [0.1, 0.15) is 47.2 Å². The maximum Gasteiger partial charge on any atom is 0.419 e. The highest BCUT2D eigenvalue weighted by molar-refractivity contribution is 5.71. The second kappa shape index (κ2) is 6.15. The number of hydrogen-bond donors (Lipinski definition) is 1. The summed E-state index contributed by atoms with van der Waals surface area (Å²) in [4.78, 5) is 27.3. The number of carbonyl (C=O) groups excluding carboxylic acids is 2. The standard InChI is InChI=1S/C14H23N3O4/c1-13(2,3)20-11(18)15-7-10-8-17(9-16-10)12(19)21-14(4,5)6/h8-9H,7H2,1-6H3,(H,15,18). The minimum absolute atomic E-state index is 0.171. The number of amides is 1. The molecule has 1 amide bonds. The van der Waals surface area contributed by atoms with Gasteiger partial charge in [-0.15, -0.1) is 0 Å². The number of aromatic nitrogens is 2. The summed E-state index contributed by atoms with van der Waals surface area (Å²) < 4.78 is 11.5. The monoisotopic (exact) mass is 297 g/mol. The Kier molecular flexibility index (Phi) is 4.98. The maximum absolute atomic E-state index is 11.8. The van der Waals surface area contributed by atoms with Crippen LogP contribution in [0.4, 0.5) is 9.59 Å². The molecule has 0 spiro atoms. The molecule has 7 nitrogen and oxygen atoms in total. The molecule has 7 heteroatoms. The second-order valence-corrected chi connectivity index (χ2v) is 6.61. The number of alkyl carbamates (subject to hydrolysis) is 1. The fourth-order valence-corrected chi connectivity index (χ4v) is 1.35. The molecule has 0 aliphatic heterocycles. The zero-order chi connectivity index (χ0) is 16.3. The lowest BCUT2D eigenvalue weighted by atomic mass is 10.2. The van der Waals surface area contributed by atoms with Gasteiger partial charge in [0, 0.05) is 6.20 Å². The first-order valence-electron chi connectivity index (χ1n) is 6.69. The third kappa shape index (κ3) is 6.78. The summed E-state index contributed by atoms with van der Waals surface area (Å²) in [5.41, 5.74) is -0.595. The summed E-state index contributed by atoms with van der Waals surface area (Å²) in [5.74, 6) is 0. The lowest BCUT2D eigenvalue weighted by Crippen LogP contribution is -2.32. The van der Waals surface area contributed by atoms with Crippen LogP contribution in [0.2, 0.25) is 0 Å². The molecule has 0 radical (unpaired) electrons. The van der Waals surface area contributed by atoms with Crippen LogP contribution in [-0.2, 0) is 16.0 Å². The van der Waals surface area contributed by atoms with E-state index in [9.17, 15) is 9.59 Å². The van der Waals surface area contributed by atoms with Crippen LogP contribution < -0.4 is 5.32 Å². The van der Waals surface area contributed by atoms with Crippen LogP contribution in [0.15, 0.2) is 12.5 Å². The molecule has 0 atom stereocenters. The maximum atomic E-state index is 11.8. The smallest absolute Gasteiger partial charge is 0.419 e. The third-order valence-corrected chi connectivity index (χ3v) is 2.05. The molecule has 21 heavy (non-hydrogen) atoms. The van der Waals surface area contributed by atoms with Crippen LogP contribution in [0.5, 0.6) is 0 Å². The van der Waals surface area contributed by atoms with Gasteiger partial charge in [0.05, 0.1) is 12.2 Å². The molecule has 1 aromatic rings. The van der Waals surface area contributed by atoms with Crippen molar-refractivity contribution in [3.05, 3.63) is 18.2 Å². The van der Waals surface area contributed by atoms with Crippen LogP contribution >= 0.6 is 0 Å². The van der Waals surface area contributed by atoms with E-state index in [1.807, 2.05) is 0 Å². The van der Waals surface area contributed by atoms with E-state index in [1.54, 1.807) is 41.5 Å². The first kappa shape index (κ1) is 17.0. The normalized spacial score (nSPS) is 11.9. The number of ether oxygens (including phenoxy) is 2. The van der Waals surface area contributed by atoms with Gasteiger partial charge in [0.1, 0.15) is 17.5 Å². The number of hydrogen-bond acceptors (Lipinski definition) is 5. The van der Waals surface area contributed by atoms with Gasteiger partial charge < -0.3 is 14.8 Å². The third-order valence-electron chi connectivity index (χ3n) is 2.05. The summed E-state index contributed by atoms with van der Waals surface area (Å²) in [7, 11) is 0. The number of nitrogens with zero attached hydrogens (tertiary/aromatic N) is 2. The Labute approximate surface area is 124 Å². The van der Waals surface area contributed by atoms with Gasteiger partial charge in [-0.05, 0) is 41.5 Å². The topological polar surface area (TPSA) is 82.5 Å². The van der Waals surface area contributed by atoms with E-state index in [2.05, 4.69) is 10.3 Å². The fraction of sp³-hybridized carbons (Fsp3) is 0.643. The highest BCUT2D eigenvalue weighted by Gasteiger charge is 2.19. The van der Waals surface area contributed by atoms with Crippen LogP contribution in [0, 0.1) is 0 Å². The molecule has 0 saturated heterocycles. The lowest BCUT2D eigenvalue weighted by Gasteiger charge is -2.19. The quantitative estimate of drug-likeness (QED) is 0.907. The number of carbonyl (C=O) groups is 2. The van der Waals surface area contributed by atoms with Gasteiger partial charge >= 0.3 is 12.2 Å². The Hall–Kier alpha value is -2.05. The molecule has 1 N–H and O–H groups in total. The molecule has 1 aromatic heterocycles. The van der Waals surface area contributed by atoms with Crippen molar-refractivity contribution < 1.29 is 19.1 Å².